The Balaban J connectivity index is 0.00000368. The molecule has 2 aliphatic heterocycles. The van der Waals surface area contributed by atoms with Crippen molar-refractivity contribution >= 4 is 46.4 Å². The second kappa shape index (κ2) is 13.8. The predicted molar refractivity (Wildman–Crippen MR) is 180 cm³/mol. The van der Waals surface area contributed by atoms with Crippen molar-refractivity contribution < 1.29 is 17.1 Å². The summed E-state index contributed by atoms with van der Waals surface area (Å²) in [5, 5.41) is 0. The van der Waals surface area contributed by atoms with Gasteiger partial charge in [-0.25, -0.2) is 9.97 Å². The maximum Gasteiger partial charge on any atom is 0.0659 e. The van der Waals surface area contributed by atoms with Crippen molar-refractivity contribution in [2.24, 2.45) is 0 Å². The average Bonchev–Trinajstić information content (AvgIpc) is 3.77. The summed E-state index contributed by atoms with van der Waals surface area (Å²) in [6, 6.07) is 19.9. The molecule has 3 aromatic heterocycles. The summed E-state index contributed by atoms with van der Waals surface area (Å²) >= 11 is 0. The van der Waals surface area contributed by atoms with Crippen molar-refractivity contribution in [2.75, 3.05) is 0 Å². The van der Waals surface area contributed by atoms with E-state index in [9.17, 15) is 0 Å². The maximum absolute atomic E-state index is 5.04. The molecule has 222 valence electrons. The number of aromatic amines is 1. The standard InChI is InChI=1S/C38H42N4.Fe/c1-5-12-27-22-32-24-30-18-17-28(39-30)23-29-19-20-31(40-29)25-35-36(26-15-10-9-11-16-26)33(13-6-2)38(42(35)21-8-4)34(14-7-3)37(27)41-32;/h9-11,15-20,22-25,41H,5-8,12-14,21H2,1-4H3;. The summed E-state index contributed by atoms with van der Waals surface area (Å²) in [6.45, 7) is 10.1. The fraction of sp³-hybridized carbons (Fsp3) is 0.316. The van der Waals surface area contributed by atoms with Crippen LogP contribution < -0.4 is 0 Å². The zero-order valence-electron chi connectivity index (χ0n) is 25.9. The number of rotatable bonds is 9. The molecule has 8 bridgehead atoms. The van der Waals surface area contributed by atoms with Gasteiger partial charge in [-0.05, 0) is 96.5 Å². The molecule has 0 spiro atoms. The minimum atomic E-state index is 0. The van der Waals surface area contributed by atoms with Crippen molar-refractivity contribution in [1.82, 2.24) is 19.5 Å². The Bertz CT molecular complexity index is 1820. The van der Waals surface area contributed by atoms with Crippen LogP contribution in [0.15, 0.2) is 54.6 Å². The summed E-state index contributed by atoms with van der Waals surface area (Å²) in [5.74, 6) is 0. The van der Waals surface area contributed by atoms with Gasteiger partial charge in [0.2, 0.25) is 0 Å². The Kier molecular flexibility index (Phi) is 9.85. The number of aryl methyl sites for hydroxylation is 4. The molecule has 5 heterocycles. The molecule has 0 atom stereocenters. The Morgan fingerprint density at radius 1 is 0.651 bits per heavy atom. The van der Waals surface area contributed by atoms with Gasteiger partial charge in [-0.15, -0.1) is 0 Å². The summed E-state index contributed by atoms with van der Waals surface area (Å²) < 4.78 is 2.62. The first-order chi connectivity index (χ1) is 20.6. The molecular weight excluding hydrogens is 568 g/mol. The number of fused-ring (bicyclic) bond motifs is 8. The third kappa shape index (κ3) is 6.20. The first-order valence-electron chi connectivity index (χ1n) is 15.8. The van der Waals surface area contributed by atoms with Crippen LogP contribution >= 0.6 is 0 Å². The van der Waals surface area contributed by atoms with E-state index in [0.717, 1.165) is 79.8 Å². The van der Waals surface area contributed by atoms with Crippen LogP contribution in [0.3, 0.4) is 0 Å². The molecule has 43 heavy (non-hydrogen) atoms. The SMILES string of the molecule is CCCc1cc2cc3nc(cc4nc(cc5c(-c6ccccc6)c(CCC)c(c(CCC)c1[nH]2)n5CCC)C=C4)C=C3.[Fe]. The van der Waals surface area contributed by atoms with Crippen LogP contribution in [0.5, 0.6) is 0 Å². The molecule has 0 aliphatic carbocycles. The van der Waals surface area contributed by atoms with Gasteiger partial charge in [0.05, 0.1) is 33.8 Å². The maximum atomic E-state index is 5.04. The number of nitrogens with zero attached hydrogens (tertiary/aromatic N) is 3. The second-order valence-corrected chi connectivity index (χ2v) is 11.5. The first kappa shape index (κ1) is 30.8. The van der Waals surface area contributed by atoms with Crippen LogP contribution in [0.1, 0.15) is 92.8 Å². The molecule has 6 rings (SSSR count). The molecule has 0 unspecified atom stereocenters. The van der Waals surface area contributed by atoms with Crippen LogP contribution in [0, 0.1) is 0 Å². The Morgan fingerprint density at radius 2 is 1.26 bits per heavy atom. The molecule has 0 radical (unpaired) electrons. The minimum absolute atomic E-state index is 0. The monoisotopic (exact) mass is 610 g/mol. The fourth-order valence-corrected chi connectivity index (χ4v) is 6.57. The van der Waals surface area contributed by atoms with E-state index in [0.29, 0.717) is 0 Å². The van der Waals surface area contributed by atoms with Crippen molar-refractivity contribution in [3.8, 4) is 11.1 Å². The van der Waals surface area contributed by atoms with E-state index in [1.54, 1.807) is 0 Å². The van der Waals surface area contributed by atoms with Crippen molar-refractivity contribution in [1.29, 1.82) is 0 Å². The predicted octanol–water partition coefficient (Wildman–Crippen LogP) is 10.1. The van der Waals surface area contributed by atoms with Crippen molar-refractivity contribution in [3.63, 3.8) is 0 Å². The third-order valence-corrected chi connectivity index (χ3v) is 8.19. The molecule has 0 saturated heterocycles. The number of benzene rings is 1. The number of nitrogens with one attached hydrogen (secondary N) is 1. The van der Waals surface area contributed by atoms with Gasteiger partial charge in [0.15, 0.2) is 0 Å². The molecule has 0 amide bonds. The molecule has 0 fully saturated rings. The quantitative estimate of drug-likeness (QED) is 0.166. The van der Waals surface area contributed by atoms with Crippen molar-refractivity contribution in [2.45, 2.75) is 79.2 Å². The Hall–Kier alpha value is -3.66. The van der Waals surface area contributed by atoms with E-state index < -0.39 is 0 Å². The summed E-state index contributed by atoms with van der Waals surface area (Å²) in [6.07, 6.45) is 15.8. The van der Waals surface area contributed by atoms with Crippen LogP contribution in [0.25, 0.3) is 57.5 Å². The van der Waals surface area contributed by atoms with Crippen LogP contribution in [0.4, 0.5) is 0 Å². The number of hydrogen-bond donors (Lipinski definition) is 1. The average molecular weight is 611 g/mol. The number of aromatic nitrogens is 4. The third-order valence-electron chi connectivity index (χ3n) is 8.19. The second-order valence-electron chi connectivity index (χ2n) is 11.5. The molecule has 4 nitrogen and oxygen atoms in total. The fourth-order valence-electron chi connectivity index (χ4n) is 6.57. The summed E-state index contributed by atoms with van der Waals surface area (Å²) in [4.78, 5) is 13.8. The summed E-state index contributed by atoms with van der Waals surface area (Å²) in [7, 11) is 0. The largest absolute Gasteiger partial charge is 0.355 e. The summed E-state index contributed by atoms with van der Waals surface area (Å²) in [5.41, 5.74) is 15.8. The van der Waals surface area contributed by atoms with Gasteiger partial charge in [0, 0.05) is 40.2 Å². The van der Waals surface area contributed by atoms with Gasteiger partial charge in [-0.3, -0.25) is 0 Å². The Morgan fingerprint density at radius 3 is 1.88 bits per heavy atom. The normalized spacial score (nSPS) is 12.1. The molecule has 1 aromatic carbocycles. The van der Waals surface area contributed by atoms with Crippen molar-refractivity contribution in [3.05, 3.63) is 94.1 Å². The zero-order valence-corrected chi connectivity index (χ0v) is 27.0. The van der Waals surface area contributed by atoms with E-state index in [-0.39, 0.29) is 17.1 Å². The van der Waals surface area contributed by atoms with Gasteiger partial charge in [0.25, 0.3) is 0 Å². The van der Waals surface area contributed by atoms with Crippen LogP contribution in [-0.4, -0.2) is 19.5 Å². The number of hydrogen-bond acceptors (Lipinski definition) is 2. The van der Waals surface area contributed by atoms with Crippen LogP contribution in [0.2, 0.25) is 0 Å². The van der Waals surface area contributed by atoms with E-state index >= 15 is 0 Å². The molecule has 4 aromatic rings. The van der Waals surface area contributed by atoms with E-state index in [4.69, 9.17) is 9.97 Å². The smallest absolute Gasteiger partial charge is 0.0659 e. The first-order valence-corrected chi connectivity index (χ1v) is 15.8. The molecule has 5 heteroatoms. The van der Waals surface area contributed by atoms with Gasteiger partial charge in [0.1, 0.15) is 0 Å². The molecule has 0 saturated carbocycles. The van der Waals surface area contributed by atoms with E-state index in [1.807, 2.05) is 0 Å². The Labute approximate surface area is 266 Å². The van der Waals surface area contributed by atoms with Gasteiger partial charge in [-0.2, -0.15) is 0 Å². The van der Waals surface area contributed by atoms with E-state index in [2.05, 4.69) is 116 Å². The zero-order chi connectivity index (χ0) is 29.1. The van der Waals surface area contributed by atoms with Crippen LogP contribution in [-0.2, 0) is 42.9 Å². The van der Waals surface area contributed by atoms with E-state index in [1.165, 1.54) is 44.4 Å². The molecular formula is C38H42FeN4. The molecule has 2 aliphatic rings. The molecule has 1 N–H and O–H groups in total. The van der Waals surface area contributed by atoms with Gasteiger partial charge < -0.3 is 9.55 Å². The topological polar surface area (TPSA) is 46.5 Å². The van der Waals surface area contributed by atoms with Gasteiger partial charge in [-0.1, -0.05) is 77.3 Å². The minimum Gasteiger partial charge on any atom is -0.355 e. The van der Waals surface area contributed by atoms with Gasteiger partial charge >= 0.3 is 0 Å². The number of H-pyrrole nitrogens is 1.